The van der Waals surface area contributed by atoms with Crippen molar-refractivity contribution in [1.82, 2.24) is 15.0 Å². The molecule has 1 aromatic rings. The Labute approximate surface area is 91.8 Å². The summed E-state index contributed by atoms with van der Waals surface area (Å²) in [6, 6.07) is -0.648. The van der Waals surface area contributed by atoms with E-state index in [0.29, 0.717) is 12.1 Å². The fourth-order valence-corrected chi connectivity index (χ4v) is 1.62. The summed E-state index contributed by atoms with van der Waals surface area (Å²) in [7, 11) is 0. The van der Waals surface area contributed by atoms with Crippen LogP contribution in [0.15, 0.2) is 6.20 Å². The standard InChI is InChI=1S/C8H14N4O2S/c1-15-3-2-7(8(13)14)12-5-6(4-9)10-11-12/h5,7H,2-4,9H2,1H3,(H,13,14)/t7-/m0/s1. The molecule has 6 nitrogen and oxygen atoms in total. The monoisotopic (exact) mass is 230 g/mol. The van der Waals surface area contributed by atoms with Gasteiger partial charge in [0.2, 0.25) is 0 Å². The lowest BCUT2D eigenvalue weighted by Gasteiger charge is -2.10. The van der Waals surface area contributed by atoms with Crippen LogP contribution in [0.25, 0.3) is 0 Å². The van der Waals surface area contributed by atoms with Crippen LogP contribution in [-0.4, -0.2) is 38.1 Å². The molecule has 1 heterocycles. The fraction of sp³-hybridized carbons (Fsp3) is 0.625. The van der Waals surface area contributed by atoms with Gasteiger partial charge in [-0.25, -0.2) is 9.48 Å². The van der Waals surface area contributed by atoms with Crippen molar-refractivity contribution >= 4 is 17.7 Å². The van der Waals surface area contributed by atoms with Gasteiger partial charge in [0.05, 0.1) is 11.9 Å². The maximum atomic E-state index is 11.0. The van der Waals surface area contributed by atoms with Crippen LogP contribution in [0.4, 0.5) is 0 Å². The molecule has 0 aromatic carbocycles. The topological polar surface area (TPSA) is 94.0 Å². The second-order valence-corrected chi connectivity index (χ2v) is 4.02. The average molecular weight is 230 g/mol. The number of carboxylic acid groups (broad SMARTS) is 1. The summed E-state index contributed by atoms with van der Waals surface area (Å²) in [6.45, 7) is 0.273. The second kappa shape index (κ2) is 5.72. The van der Waals surface area contributed by atoms with Gasteiger partial charge in [-0.3, -0.25) is 0 Å². The Morgan fingerprint density at radius 2 is 2.53 bits per heavy atom. The number of rotatable bonds is 6. The number of carbonyl (C=O) groups is 1. The molecule has 0 aliphatic rings. The smallest absolute Gasteiger partial charge is 0.328 e. The maximum absolute atomic E-state index is 11.0. The summed E-state index contributed by atoms with van der Waals surface area (Å²) >= 11 is 1.61. The number of thioether (sulfide) groups is 1. The van der Waals surface area contributed by atoms with Gasteiger partial charge in [-0.15, -0.1) is 5.10 Å². The highest BCUT2D eigenvalue weighted by Gasteiger charge is 2.20. The number of carboxylic acids is 1. The molecule has 7 heteroatoms. The van der Waals surface area contributed by atoms with E-state index >= 15 is 0 Å². The van der Waals surface area contributed by atoms with Crippen LogP contribution in [0.5, 0.6) is 0 Å². The van der Waals surface area contributed by atoms with E-state index in [4.69, 9.17) is 10.8 Å². The first-order valence-corrected chi connectivity index (χ1v) is 5.91. The van der Waals surface area contributed by atoms with Crippen molar-refractivity contribution < 1.29 is 9.90 Å². The van der Waals surface area contributed by atoms with E-state index in [1.165, 1.54) is 4.68 Å². The third-order valence-electron chi connectivity index (χ3n) is 1.97. The number of nitrogens with zero attached hydrogens (tertiary/aromatic N) is 3. The molecule has 0 fully saturated rings. The van der Waals surface area contributed by atoms with Gasteiger partial charge in [-0.05, 0) is 18.4 Å². The van der Waals surface area contributed by atoms with Crippen molar-refractivity contribution in [2.24, 2.45) is 5.73 Å². The summed E-state index contributed by atoms with van der Waals surface area (Å²) < 4.78 is 1.36. The van der Waals surface area contributed by atoms with Crippen LogP contribution in [0, 0.1) is 0 Å². The first kappa shape index (κ1) is 12.0. The number of hydrogen-bond acceptors (Lipinski definition) is 5. The number of hydrogen-bond donors (Lipinski definition) is 2. The van der Waals surface area contributed by atoms with Gasteiger partial charge in [0.25, 0.3) is 0 Å². The quantitative estimate of drug-likeness (QED) is 0.720. The zero-order valence-electron chi connectivity index (χ0n) is 8.46. The highest BCUT2D eigenvalue weighted by atomic mass is 32.2. The highest BCUT2D eigenvalue weighted by molar-refractivity contribution is 7.98. The molecule has 15 heavy (non-hydrogen) atoms. The molecule has 84 valence electrons. The van der Waals surface area contributed by atoms with Gasteiger partial charge in [0.15, 0.2) is 6.04 Å². The summed E-state index contributed by atoms with van der Waals surface area (Å²) in [4.78, 5) is 11.0. The molecule has 0 bridgehead atoms. The predicted octanol–water partition coefficient (Wildman–Crippen LogP) is 0.116. The average Bonchev–Trinajstić information content (AvgIpc) is 2.66. The lowest BCUT2D eigenvalue weighted by Crippen LogP contribution is -2.20. The molecule has 0 amide bonds. The van der Waals surface area contributed by atoms with Crippen molar-refractivity contribution in [2.75, 3.05) is 12.0 Å². The molecule has 0 saturated carbocycles. The van der Waals surface area contributed by atoms with Crippen LogP contribution in [0.3, 0.4) is 0 Å². The first-order valence-electron chi connectivity index (χ1n) is 4.51. The van der Waals surface area contributed by atoms with Crippen molar-refractivity contribution in [1.29, 1.82) is 0 Å². The van der Waals surface area contributed by atoms with Crippen molar-refractivity contribution in [2.45, 2.75) is 19.0 Å². The van der Waals surface area contributed by atoms with Gasteiger partial charge >= 0.3 is 5.97 Å². The molecule has 0 aliphatic carbocycles. The summed E-state index contributed by atoms with van der Waals surface area (Å²) in [6.07, 6.45) is 4.05. The molecule has 0 saturated heterocycles. The molecule has 0 radical (unpaired) electrons. The van der Waals surface area contributed by atoms with E-state index < -0.39 is 12.0 Å². The maximum Gasteiger partial charge on any atom is 0.328 e. The van der Waals surface area contributed by atoms with Gasteiger partial charge in [-0.1, -0.05) is 5.21 Å². The van der Waals surface area contributed by atoms with E-state index in [1.54, 1.807) is 18.0 Å². The minimum absolute atomic E-state index is 0.273. The van der Waals surface area contributed by atoms with Crippen LogP contribution in [0.1, 0.15) is 18.2 Å². The minimum atomic E-state index is -0.891. The lowest BCUT2D eigenvalue weighted by atomic mass is 10.2. The number of aliphatic carboxylic acids is 1. The number of aromatic nitrogens is 3. The van der Waals surface area contributed by atoms with Gasteiger partial charge in [0, 0.05) is 6.54 Å². The van der Waals surface area contributed by atoms with E-state index in [1.807, 2.05) is 6.26 Å². The molecular formula is C8H14N4O2S. The van der Waals surface area contributed by atoms with Crippen LogP contribution in [-0.2, 0) is 11.3 Å². The Bertz CT molecular complexity index is 328. The molecule has 0 unspecified atom stereocenters. The molecular weight excluding hydrogens is 216 g/mol. The first-order chi connectivity index (χ1) is 7.19. The second-order valence-electron chi connectivity index (χ2n) is 3.03. The van der Waals surface area contributed by atoms with Gasteiger partial charge in [0.1, 0.15) is 0 Å². The van der Waals surface area contributed by atoms with E-state index in [2.05, 4.69) is 10.3 Å². The van der Waals surface area contributed by atoms with Crippen molar-refractivity contribution in [3.63, 3.8) is 0 Å². The molecule has 0 aliphatic heterocycles. The largest absolute Gasteiger partial charge is 0.480 e. The van der Waals surface area contributed by atoms with Crippen LogP contribution in [0.2, 0.25) is 0 Å². The highest BCUT2D eigenvalue weighted by Crippen LogP contribution is 2.13. The van der Waals surface area contributed by atoms with Crippen LogP contribution >= 0.6 is 11.8 Å². The summed E-state index contributed by atoms with van der Waals surface area (Å²) in [5, 5.41) is 16.5. The summed E-state index contributed by atoms with van der Waals surface area (Å²) in [5.74, 6) is -0.119. The van der Waals surface area contributed by atoms with Crippen molar-refractivity contribution in [3.05, 3.63) is 11.9 Å². The Hall–Kier alpha value is -1.08. The van der Waals surface area contributed by atoms with Gasteiger partial charge in [-0.2, -0.15) is 11.8 Å². The SMILES string of the molecule is CSCC[C@@H](C(=O)O)n1cc(CN)nn1. The predicted molar refractivity (Wildman–Crippen MR) is 57.6 cm³/mol. The lowest BCUT2D eigenvalue weighted by molar-refractivity contribution is -0.141. The zero-order valence-corrected chi connectivity index (χ0v) is 9.28. The third-order valence-corrected chi connectivity index (χ3v) is 2.61. The Morgan fingerprint density at radius 3 is 3.00 bits per heavy atom. The van der Waals surface area contributed by atoms with E-state index in [0.717, 1.165) is 5.75 Å². The van der Waals surface area contributed by atoms with Crippen molar-refractivity contribution in [3.8, 4) is 0 Å². The van der Waals surface area contributed by atoms with Crippen LogP contribution < -0.4 is 5.73 Å². The number of nitrogens with two attached hydrogens (primary N) is 1. The Morgan fingerprint density at radius 1 is 1.80 bits per heavy atom. The fourth-order valence-electron chi connectivity index (χ4n) is 1.16. The third kappa shape index (κ3) is 3.21. The zero-order chi connectivity index (χ0) is 11.3. The molecule has 1 rings (SSSR count). The van der Waals surface area contributed by atoms with E-state index in [9.17, 15) is 4.79 Å². The minimum Gasteiger partial charge on any atom is -0.480 e. The normalized spacial score (nSPS) is 12.7. The van der Waals surface area contributed by atoms with Gasteiger partial charge < -0.3 is 10.8 Å². The summed E-state index contributed by atoms with van der Waals surface area (Å²) in [5.41, 5.74) is 5.97. The Balaban J connectivity index is 2.74. The Kier molecular flexibility index (Phi) is 4.57. The molecule has 3 N–H and O–H groups in total. The molecule has 0 spiro atoms. The molecule has 1 atom stereocenters. The molecule has 1 aromatic heterocycles. The van der Waals surface area contributed by atoms with E-state index in [-0.39, 0.29) is 6.54 Å².